The molecule has 1 aromatic carbocycles. The van der Waals surface area contributed by atoms with Crippen LogP contribution in [0, 0.1) is 6.92 Å². The van der Waals surface area contributed by atoms with Gasteiger partial charge in [0.15, 0.2) is 5.16 Å². The number of nitrogens with zero attached hydrogens (tertiary/aromatic N) is 2. The highest BCUT2D eigenvalue weighted by atomic mass is 32.2. The van der Waals surface area contributed by atoms with Crippen molar-refractivity contribution in [3.63, 3.8) is 0 Å². The molecule has 0 saturated heterocycles. The molecule has 1 heterocycles. The highest BCUT2D eigenvalue weighted by Crippen LogP contribution is 2.29. The molecule has 0 bridgehead atoms. The predicted molar refractivity (Wildman–Crippen MR) is 67.8 cm³/mol. The molecule has 2 nitrogen and oxygen atoms in total. The van der Waals surface area contributed by atoms with Crippen molar-refractivity contribution >= 4 is 11.8 Å². The van der Waals surface area contributed by atoms with Crippen molar-refractivity contribution in [2.75, 3.05) is 0 Å². The summed E-state index contributed by atoms with van der Waals surface area (Å²) in [5.41, 5.74) is 1.26. The number of halogens is 3. The normalized spacial score (nSPS) is 11.6. The van der Waals surface area contributed by atoms with Crippen molar-refractivity contribution in [3.05, 3.63) is 53.3 Å². The molecule has 19 heavy (non-hydrogen) atoms. The number of benzene rings is 1. The number of aryl methyl sites for hydroxylation is 1. The van der Waals surface area contributed by atoms with Crippen molar-refractivity contribution < 1.29 is 13.2 Å². The fraction of sp³-hybridized carbons (Fsp3) is 0.231. The van der Waals surface area contributed by atoms with E-state index < -0.39 is 11.9 Å². The molecular weight excluding hydrogens is 273 g/mol. The van der Waals surface area contributed by atoms with Crippen molar-refractivity contribution in [2.24, 2.45) is 0 Å². The van der Waals surface area contributed by atoms with E-state index in [-0.39, 0.29) is 5.16 Å². The molecule has 2 aromatic rings. The molecular formula is C13H11F3N2S. The summed E-state index contributed by atoms with van der Waals surface area (Å²) in [6.45, 7) is 1.98. The Morgan fingerprint density at radius 2 is 1.79 bits per heavy atom. The Labute approximate surface area is 113 Å². The zero-order valence-corrected chi connectivity index (χ0v) is 10.9. The summed E-state index contributed by atoms with van der Waals surface area (Å²) in [5.74, 6) is 0.543. The fourth-order valence-electron chi connectivity index (χ4n) is 1.40. The van der Waals surface area contributed by atoms with Crippen LogP contribution in [0.5, 0.6) is 0 Å². The number of thioether (sulfide) groups is 1. The summed E-state index contributed by atoms with van der Waals surface area (Å²) < 4.78 is 37.4. The van der Waals surface area contributed by atoms with Gasteiger partial charge in [-0.25, -0.2) is 9.97 Å². The SMILES string of the molecule is Cc1ccc(CSc2nccc(C(F)(F)F)n2)cc1. The van der Waals surface area contributed by atoms with E-state index in [2.05, 4.69) is 9.97 Å². The number of aromatic nitrogens is 2. The third kappa shape index (κ3) is 3.96. The van der Waals surface area contributed by atoms with Crippen molar-refractivity contribution in [2.45, 2.75) is 24.0 Å². The number of hydrogen-bond acceptors (Lipinski definition) is 3. The van der Waals surface area contributed by atoms with Crippen LogP contribution in [0.3, 0.4) is 0 Å². The van der Waals surface area contributed by atoms with E-state index in [0.29, 0.717) is 5.75 Å². The van der Waals surface area contributed by atoms with Crippen molar-refractivity contribution in [1.29, 1.82) is 0 Å². The molecule has 0 amide bonds. The molecule has 0 N–H and O–H groups in total. The molecule has 0 aliphatic rings. The van der Waals surface area contributed by atoms with Gasteiger partial charge in [0.05, 0.1) is 0 Å². The minimum Gasteiger partial charge on any atom is -0.231 e. The van der Waals surface area contributed by atoms with Gasteiger partial charge < -0.3 is 0 Å². The lowest BCUT2D eigenvalue weighted by atomic mass is 10.2. The first-order valence-corrected chi connectivity index (χ1v) is 6.52. The second kappa shape index (κ2) is 5.61. The lowest BCUT2D eigenvalue weighted by Crippen LogP contribution is -2.08. The van der Waals surface area contributed by atoms with E-state index in [0.717, 1.165) is 23.4 Å². The topological polar surface area (TPSA) is 25.8 Å². The summed E-state index contributed by atoms with van der Waals surface area (Å²) in [6.07, 6.45) is -3.30. The quantitative estimate of drug-likeness (QED) is 0.627. The monoisotopic (exact) mass is 284 g/mol. The smallest absolute Gasteiger partial charge is 0.231 e. The van der Waals surface area contributed by atoms with Crippen LogP contribution in [0.25, 0.3) is 0 Å². The van der Waals surface area contributed by atoms with E-state index >= 15 is 0 Å². The van der Waals surface area contributed by atoms with Gasteiger partial charge in [-0.05, 0) is 18.6 Å². The third-order valence-corrected chi connectivity index (χ3v) is 3.35. The van der Waals surface area contributed by atoms with Gasteiger partial charge >= 0.3 is 6.18 Å². The molecule has 100 valence electrons. The molecule has 0 saturated carbocycles. The van der Waals surface area contributed by atoms with Crippen molar-refractivity contribution in [1.82, 2.24) is 9.97 Å². The van der Waals surface area contributed by atoms with Crippen LogP contribution in [-0.2, 0) is 11.9 Å². The zero-order valence-electron chi connectivity index (χ0n) is 10.1. The van der Waals surface area contributed by atoms with Gasteiger partial charge in [0.25, 0.3) is 0 Å². The Balaban J connectivity index is 2.05. The van der Waals surface area contributed by atoms with Crippen LogP contribution in [0.1, 0.15) is 16.8 Å². The van der Waals surface area contributed by atoms with Crippen LogP contribution in [0.4, 0.5) is 13.2 Å². The van der Waals surface area contributed by atoms with Crippen LogP contribution in [0.2, 0.25) is 0 Å². The molecule has 0 unspecified atom stereocenters. The minimum absolute atomic E-state index is 0.135. The van der Waals surface area contributed by atoms with Gasteiger partial charge in [-0.3, -0.25) is 0 Å². The fourth-order valence-corrected chi connectivity index (χ4v) is 2.19. The zero-order chi connectivity index (χ0) is 13.9. The molecule has 0 aliphatic heterocycles. The second-order valence-corrected chi connectivity index (χ2v) is 4.94. The average Bonchev–Trinajstić information content (AvgIpc) is 2.37. The number of rotatable bonds is 3. The first kappa shape index (κ1) is 13.9. The molecule has 6 heteroatoms. The maximum atomic E-state index is 12.5. The van der Waals surface area contributed by atoms with Gasteiger partial charge in [-0.1, -0.05) is 41.6 Å². The Bertz CT molecular complexity index is 553. The highest BCUT2D eigenvalue weighted by Gasteiger charge is 2.32. The van der Waals surface area contributed by atoms with Crippen LogP contribution in [0.15, 0.2) is 41.7 Å². The molecule has 0 fully saturated rings. The molecule has 2 rings (SSSR count). The van der Waals surface area contributed by atoms with E-state index in [1.807, 2.05) is 31.2 Å². The van der Waals surface area contributed by atoms with Crippen LogP contribution >= 0.6 is 11.8 Å². The molecule has 1 aromatic heterocycles. The van der Waals surface area contributed by atoms with Gasteiger partial charge in [-0.15, -0.1) is 0 Å². The van der Waals surface area contributed by atoms with Gasteiger partial charge in [0, 0.05) is 11.9 Å². The highest BCUT2D eigenvalue weighted by molar-refractivity contribution is 7.98. The van der Waals surface area contributed by atoms with Gasteiger partial charge in [0.1, 0.15) is 5.69 Å². The number of alkyl halides is 3. The lowest BCUT2D eigenvalue weighted by molar-refractivity contribution is -0.141. The lowest BCUT2D eigenvalue weighted by Gasteiger charge is -2.06. The largest absolute Gasteiger partial charge is 0.433 e. The van der Waals surface area contributed by atoms with Gasteiger partial charge in [-0.2, -0.15) is 13.2 Å². The van der Waals surface area contributed by atoms with Crippen molar-refractivity contribution in [3.8, 4) is 0 Å². The maximum absolute atomic E-state index is 12.5. The summed E-state index contributed by atoms with van der Waals surface area (Å²) in [7, 11) is 0. The van der Waals surface area contributed by atoms with Crippen LogP contribution in [-0.4, -0.2) is 9.97 Å². The first-order chi connectivity index (χ1) is 8.95. The predicted octanol–water partition coefficient (Wildman–Crippen LogP) is 4.10. The molecule has 0 aliphatic carbocycles. The van der Waals surface area contributed by atoms with E-state index in [1.165, 1.54) is 11.8 Å². The van der Waals surface area contributed by atoms with E-state index in [1.54, 1.807) is 0 Å². The Kier molecular flexibility index (Phi) is 4.09. The van der Waals surface area contributed by atoms with Gasteiger partial charge in [0.2, 0.25) is 0 Å². The Morgan fingerprint density at radius 3 is 2.42 bits per heavy atom. The average molecular weight is 284 g/mol. The standard InChI is InChI=1S/C13H11F3N2S/c1-9-2-4-10(5-3-9)8-19-12-17-7-6-11(18-12)13(14,15)16/h2-7H,8H2,1H3. The summed E-state index contributed by atoms with van der Waals surface area (Å²) >= 11 is 1.19. The summed E-state index contributed by atoms with van der Waals surface area (Å²) in [5, 5.41) is 0.135. The molecule has 0 radical (unpaired) electrons. The van der Waals surface area contributed by atoms with E-state index in [4.69, 9.17) is 0 Å². The number of hydrogen-bond donors (Lipinski definition) is 0. The third-order valence-electron chi connectivity index (χ3n) is 2.41. The Hall–Kier alpha value is -1.56. The summed E-state index contributed by atoms with van der Waals surface area (Å²) in [6, 6.07) is 8.67. The minimum atomic E-state index is -4.43. The first-order valence-electron chi connectivity index (χ1n) is 5.54. The molecule has 0 atom stereocenters. The Morgan fingerprint density at radius 1 is 1.11 bits per heavy atom. The second-order valence-electron chi connectivity index (χ2n) is 4.00. The molecule has 0 spiro atoms. The summed E-state index contributed by atoms with van der Waals surface area (Å²) in [4.78, 5) is 7.34. The van der Waals surface area contributed by atoms with Crippen LogP contribution < -0.4 is 0 Å². The van der Waals surface area contributed by atoms with E-state index in [9.17, 15) is 13.2 Å². The maximum Gasteiger partial charge on any atom is 0.433 e.